The van der Waals surface area contributed by atoms with Crippen molar-refractivity contribution in [1.82, 2.24) is 19.7 Å². The lowest BCUT2D eigenvalue weighted by Gasteiger charge is -2.33. The van der Waals surface area contributed by atoms with Crippen LogP contribution in [-0.2, 0) is 4.74 Å². The van der Waals surface area contributed by atoms with Crippen molar-refractivity contribution in [1.29, 1.82) is 0 Å². The Hall–Kier alpha value is -1.41. The number of aromatic nitrogens is 1. The summed E-state index contributed by atoms with van der Waals surface area (Å²) in [7, 11) is 4.21. The molecule has 3 heterocycles. The monoisotopic (exact) mass is 395 g/mol. The van der Waals surface area contributed by atoms with Crippen molar-refractivity contribution in [2.75, 3.05) is 71.9 Å². The number of ether oxygens (including phenoxy) is 1. The molecule has 2 aliphatic heterocycles. The molecule has 0 atom stereocenters. The summed E-state index contributed by atoms with van der Waals surface area (Å²) >= 11 is 6.41. The Kier molecular flexibility index (Phi) is 7.29. The van der Waals surface area contributed by atoms with E-state index in [1.54, 1.807) is 17.2 Å². The minimum Gasteiger partial charge on any atom is -0.378 e. The molecule has 1 aromatic heterocycles. The molecule has 0 unspecified atom stereocenters. The van der Waals surface area contributed by atoms with Gasteiger partial charge >= 0.3 is 0 Å². The van der Waals surface area contributed by atoms with Gasteiger partial charge in [-0.2, -0.15) is 0 Å². The van der Waals surface area contributed by atoms with Gasteiger partial charge in [-0.05, 0) is 33.0 Å². The second-order valence-corrected chi connectivity index (χ2v) is 7.93. The van der Waals surface area contributed by atoms with Gasteiger partial charge in [0.2, 0.25) is 0 Å². The van der Waals surface area contributed by atoms with Crippen LogP contribution in [0.5, 0.6) is 0 Å². The van der Waals surface area contributed by atoms with E-state index in [1.165, 1.54) is 0 Å². The lowest BCUT2D eigenvalue weighted by atomic mass is 10.0. The van der Waals surface area contributed by atoms with Crippen LogP contribution in [0, 0.1) is 0 Å². The summed E-state index contributed by atoms with van der Waals surface area (Å²) in [5.41, 5.74) is 0.533. The van der Waals surface area contributed by atoms with Crippen molar-refractivity contribution >= 4 is 23.3 Å². The molecule has 2 aliphatic rings. The highest BCUT2D eigenvalue weighted by Gasteiger charge is 2.22. The molecule has 0 radical (unpaired) electrons. The van der Waals surface area contributed by atoms with Crippen LogP contribution in [0.25, 0.3) is 0 Å². The van der Waals surface area contributed by atoms with Crippen LogP contribution in [0.2, 0.25) is 5.02 Å². The quantitative estimate of drug-likeness (QED) is 0.790. The molecule has 3 rings (SSSR count). The van der Waals surface area contributed by atoms with E-state index < -0.39 is 0 Å². The number of piperidine rings is 1. The van der Waals surface area contributed by atoms with Gasteiger partial charge in [0.05, 0.1) is 23.8 Å². The molecule has 0 spiro atoms. The molecule has 7 nitrogen and oxygen atoms in total. The first-order valence-corrected chi connectivity index (χ1v) is 10.1. The van der Waals surface area contributed by atoms with Crippen LogP contribution in [0.3, 0.4) is 0 Å². The highest BCUT2D eigenvalue weighted by atomic mass is 35.5. The number of rotatable bonds is 6. The number of morpholine rings is 1. The fourth-order valence-corrected chi connectivity index (χ4v) is 3.67. The zero-order chi connectivity index (χ0) is 19.2. The third kappa shape index (κ3) is 5.78. The van der Waals surface area contributed by atoms with Crippen LogP contribution in [0.15, 0.2) is 12.3 Å². The number of pyridine rings is 1. The number of hydrogen-bond donors (Lipinski definition) is 1. The van der Waals surface area contributed by atoms with E-state index >= 15 is 0 Å². The fraction of sp³-hybridized carbons (Fsp3) is 0.684. The lowest BCUT2D eigenvalue weighted by molar-refractivity contribution is 0.0302. The summed E-state index contributed by atoms with van der Waals surface area (Å²) in [5, 5.41) is 3.96. The van der Waals surface area contributed by atoms with E-state index in [0.29, 0.717) is 48.7 Å². The van der Waals surface area contributed by atoms with E-state index in [9.17, 15) is 4.79 Å². The van der Waals surface area contributed by atoms with E-state index in [4.69, 9.17) is 16.3 Å². The Morgan fingerprint density at radius 2 is 2.00 bits per heavy atom. The minimum absolute atomic E-state index is 0.0338. The van der Waals surface area contributed by atoms with Crippen LogP contribution < -0.4 is 5.32 Å². The van der Waals surface area contributed by atoms with Crippen molar-refractivity contribution < 1.29 is 9.53 Å². The van der Waals surface area contributed by atoms with E-state index in [-0.39, 0.29) is 5.91 Å². The Balaban J connectivity index is 1.52. The van der Waals surface area contributed by atoms with Gasteiger partial charge in [0, 0.05) is 51.5 Å². The maximum absolute atomic E-state index is 12.5. The van der Waals surface area contributed by atoms with Crippen molar-refractivity contribution in [2.45, 2.75) is 18.9 Å². The molecule has 2 fully saturated rings. The number of nitrogens with one attached hydrogen (secondary N) is 1. The smallest absolute Gasteiger partial charge is 0.255 e. The summed E-state index contributed by atoms with van der Waals surface area (Å²) in [6.07, 6.45) is 3.76. The Morgan fingerprint density at radius 3 is 2.63 bits per heavy atom. The molecular formula is C19H30ClN5O2. The maximum Gasteiger partial charge on any atom is 0.255 e. The summed E-state index contributed by atoms with van der Waals surface area (Å²) in [4.78, 5) is 23.5. The van der Waals surface area contributed by atoms with Gasteiger partial charge in [-0.15, -0.1) is 0 Å². The Bertz CT molecular complexity index is 629. The molecule has 0 bridgehead atoms. The molecule has 1 N–H and O–H groups in total. The number of halogens is 1. The highest BCUT2D eigenvalue weighted by Crippen LogP contribution is 2.24. The van der Waals surface area contributed by atoms with Gasteiger partial charge < -0.3 is 24.8 Å². The average Bonchev–Trinajstić information content (AvgIpc) is 2.69. The van der Waals surface area contributed by atoms with Gasteiger partial charge in [0.1, 0.15) is 5.82 Å². The Morgan fingerprint density at radius 1 is 1.30 bits per heavy atom. The number of amides is 1. The first kappa shape index (κ1) is 20.3. The minimum atomic E-state index is -0.0338. The predicted octanol–water partition coefficient (Wildman–Crippen LogP) is 1.65. The van der Waals surface area contributed by atoms with Gasteiger partial charge in [-0.25, -0.2) is 4.98 Å². The lowest BCUT2D eigenvalue weighted by Crippen LogP contribution is -2.42. The van der Waals surface area contributed by atoms with Crippen molar-refractivity contribution in [3.8, 4) is 0 Å². The number of anilines is 1. The molecule has 8 heteroatoms. The summed E-state index contributed by atoms with van der Waals surface area (Å²) in [6, 6.07) is 2.09. The molecular weight excluding hydrogens is 366 g/mol. The number of nitrogens with zero attached hydrogens (tertiary/aromatic N) is 4. The predicted molar refractivity (Wildman–Crippen MR) is 108 cm³/mol. The largest absolute Gasteiger partial charge is 0.378 e. The molecule has 27 heavy (non-hydrogen) atoms. The van der Waals surface area contributed by atoms with Crippen LogP contribution in [0.4, 0.5) is 5.82 Å². The van der Waals surface area contributed by atoms with Crippen LogP contribution >= 0.6 is 11.6 Å². The number of hydrogen-bond acceptors (Lipinski definition) is 6. The van der Waals surface area contributed by atoms with Crippen molar-refractivity contribution in [3.63, 3.8) is 0 Å². The third-order valence-electron chi connectivity index (χ3n) is 5.18. The first-order chi connectivity index (χ1) is 13.0. The molecule has 1 aromatic rings. The van der Waals surface area contributed by atoms with Gasteiger partial charge in [-0.3, -0.25) is 4.79 Å². The zero-order valence-electron chi connectivity index (χ0n) is 16.3. The van der Waals surface area contributed by atoms with E-state index in [1.807, 2.05) is 0 Å². The first-order valence-electron chi connectivity index (χ1n) is 9.69. The molecule has 0 aliphatic carbocycles. The van der Waals surface area contributed by atoms with Gasteiger partial charge in [0.25, 0.3) is 5.91 Å². The molecule has 0 aromatic carbocycles. The summed E-state index contributed by atoms with van der Waals surface area (Å²) < 4.78 is 5.30. The number of carbonyl (C=O) groups excluding carboxylic acids is 1. The summed E-state index contributed by atoms with van der Waals surface area (Å²) in [6.45, 7) is 6.75. The second-order valence-electron chi connectivity index (χ2n) is 7.52. The SMILES string of the molecule is CN(C)CCN1CCC(Nc2ncc(C(=O)N3CCOCC3)cc2Cl)CC1. The van der Waals surface area contributed by atoms with Gasteiger partial charge in [0.15, 0.2) is 0 Å². The molecule has 0 saturated carbocycles. The van der Waals surface area contributed by atoms with Crippen molar-refractivity contribution in [3.05, 3.63) is 22.8 Å². The van der Waals surface area contributed by atoms with Gasteiger partial charge in [-0.1, -0.05) is 11.6 Å². The third-order valence-corrected chi connectivity index (χ3v) is 5.47. The molecule has 150 valence electrons. The average molecular weight is 396 g/mol. The summed E-state index contributed by atoms with van der Waals surface area (Å²) in [5.74, 6) is 0.635. The standard InChI is InChI=1S/C19H30ClN5O2/c1-23(2)7-8-24-5-3-16(4-6-24)22-18-17(20)13-15(14-21-18)19(26)25-9-11-27-12-10-25/h13-14,16H,3-12H2,1-2H3,(H,21,22). The number of likely N-dealkylation sites (tertiary alicyclic amines) is 1. The second kappa shape index (κ2) is 9.68. The zero-order valence-corrected chi connectivity index (χ0v) is 17.0. The van der Waals surface area contributed by atoms with Crippen LogP contribution in [0.1, 0.15) is 23.2 Å². The number of carbonyl (C=O) groups is 1. The van der Waals surface area contributed by atoms with E-state index in [0.717, 1.165) is 39.0 Å². The van der Waals surface area contributed by atoms with Crippen LogP contribution in [-0.4, -0.2) is 98.2 Å². The molecule has 2 saturated heterocycles. The normalized spacial score (nSPS) is 19.5. The maximum atomic E-state index is 12.5. The highest BCUT2D eigenvalue weighted by molar-refractivity contribution is 6.33. The molecule has 1 amide bonds. The Labute approximate surface area is 166 Å². The van der Waals surface area contributed by atoms with E-state index in [2.05, 4.69) is 34.2 Å². The number of likely N-dealkylation sites (N-methyl/N-ethyl adjacent to an activating group) is 1. The van der Waals surface area contributed by atoms with Crippen molar-refractivity contribution in [2.24, 2.45) is 0 Å². The fourth-order valence-electron chi connectivity index (χ4n) is 3.45. The topological polar surface area (TPSA) is 60.9 Å².